The minimum Gasteiger partial charge on any atom is -0.409 e. The van der Waals surface area contributed by atoms with Crippen LogP contribution in [0, 0.1) is 0 Å². The van der Waals surface area contributed by atoms with Gasteiger partial charge in [-0.05, 0) is 5.16 Å². The van der Waals surface area contributed by atoms with E-state index in [1.807, 2.05) is 0 Å². The van der Waals surface area contributed by atoms with Crippen molar-refractivity contribution in [1.29, 1.82) is 0 Å². The molecule has 0 unspecified atom stereocenters. The summed E-state index contributed by atoms with van der Waals surface area (Å²) in [5.74, 6) is -0.105. The summed E-state index contributed by atoms with van der Waals surface area (Å²) in [6, 6.07) is 0. The minimum absolute atomic E-state index is 0.105. The Morgan fingerprint density at radius 2 is 2.21 bits per heavy atom. The molecule has 9 nitrogen and oxygen atoms in total. The number of nitrogens with two attached hydrogens (primary N) is 1. The lowest BCUT2D eigenvalue weighted by Gasteiger charge is -2.26. The van der Waals surface area contributed by atoms with Crippen LogP contribution in [0.25, 0.3) is 0 Å². The summed E-state index contributed by atoms with van der Waals surface area (Å²) < 4.78 is 9.85. The monoisotopic (exact) mass is 270 g/mol. The summed E-state index contributed by atoms with van der Waals surface area (Å²) in [5.41, 5.74) is 6.24. The summed E-state index contributed by atoms with van der Waals surface area (Å²) in [7, 11) is 0. The molecule has 19 heavy (non-hydrogen) atoms. The third kappa shape index (κ3) is 3.88. The van der Waals surface area contributed by atoms with Crippen LogP contribution in [0.3, 0.4) is 0 Å². The van der Waals surface area contributed by atoms with Crippen LogP contribution in [0.15, 0.2) is 9.78 Å². The first-order valence-corrected chi connectivity index (χ1v) is 6.11. The van der Waals surface area contributed by atoms with E-state index in [-0.39, 0.29) is 11.5 Å². The molecular formula is C10H18N6O3. The Morgan fingerprint density at radius 1 is 1.42 bits per heavy atom. The number of morpholine rings is 1. The second-order valence-corrected chi connectivity index (χ2v) is 4.18. The fourth-order valence-electron chi connectivity index (χ4n) is 1.83. The Balaban J connectivity index is 1.72. The van der Waals surface area contributed by atoms with Gasteiger partial charge in [0.2, 0.25) is 0 Å². The van der Waals surface area contributed by atoms with Crippen molar-refractivity contribution in [3.8, 4) is 0 Å². The molecule has 2 heterocycles. The standard InChI is InChI=1S/C10H18N6O3/c11-10(13-17)9-8(14-19-15-9)7-12-1-2-16-3-5-18-6-4-16/h12,17H,1-7H2,(H2,11,13). The quantitative estimate of drug-likeness (QED) is 0.189. The lowest BCUT2D eigenvalue weighted by Crippen LogP contribution is -2.40. The van der Waals surface area contributed by atoms with Crippen molar-refractivity contribution in [2.24, 2.45) is 10.9 Å². The van der Waals surface area contributed by atoms with E-state index in [4.69, 9.17) is 15.7 Å². The van der Waals surface area contributed by atoms with Crippen molar-refractivity contribution in [2.75, 3.05) is 39.4 Å². The number of nitrogens with one attached hydrogen (secondary N) is 1. The fourth-order valence-corrected chi connectivity index (χ4v) is 1.83. The zero-order valence-corrected chi connectivity index (χ0v) is 10.6. The smallest absolute Gasteiger partial charge is 0.194 e. The van der Waals surface area contributed by atoms with Crippen LogP contribution in [0.1, 0.15) is 11.4 Å². The number of aromatic nitrogens is 2. The average molecular weight is 270 g/mol. The van der Waals surface area contributed by atoms with E-state index in [0.29, 0.717) is 12.2 Å². The largest absolute Gasteiger partial charge is 0.409 e. The van der Waals surface area contributed by atoms with Gasteiger partial charge in [0.1, 0.15) is 5.69 Å². The zero-order chi connectivity index (χ0) is 13.5. The van der Waals surface area contributed by atoms with Gasteiger partial charge in [0.15, 0.2) is 11.5 Å². The highest BCUT2D eigenvalue weighted by molar-refractivity contribution is 5.95. The van der Waals surface area contributed by atoms with E-state index in [1.165, 1.54) is 0 Å². The van der Waals surface area contributed by atoms with E-state index in [0.717, 1.165) is 39.4 Å². The Hall–Kier alpha value is -1.71. The molecule has 4 N–H and O–H groups in total. The molecule has 0 aliphatic carbocycles. The van der Waals surface area contributed by atoms with Gasteiger partial charge in [-0.1, -0.05) is 10.3 Å². The van der Waals surface area contributed by atoms with Gasteiger partial charge in [-0.15, -0.1) is 0 Å². The fraction of sp³-hybridized carbons (Fsp3) is 0.700. The maximum absolute atomic E-state index is 8.59. The molecule has 1 fully saturated rings. The van der Waals surface area contributed by atoms with Crippen LogP contribution in [0.4, 0.5) is 0 Å². The molecule has 1 aromatic heterocycles. The first kappa shape index (κ1) is 13.7. The predicted molar refractivity (Wildman–Crippen MR) is 65.8 cm³/mol. The molecule has 0 amide bonds. The van der Waals surface area contributed by atoms with Crippen LogP contribution in [-0.2, 0) is 11.3 Å². The van der Waals surface area contributed by atoms with E-state index in [2.05, 4.69) is 30.3 Å². The first-order chi connectivity index (χ1) is 9.31. The van der Waals surface area contributed by atoms with Gasteiger partial charge in [0, 0.05) is 32.7 Å². The van der Waals surface area contributed by atoms with Gasteiger partial charge in [-0.25, -0.2) is 4.63 Å². The van der Waals surface area contributed by atoms with Gasteiger partial charge in [0.05, 0.1) is 13.2 Å². The highest BCUT2D eigenvalue weighted by Crippen LogP contribution is 2.02. The molecule has 0 spiro atoms. The van der Waals surface area contributed by atoms with E-state index < -0.39 is 0 Å². The SMILES string of the molecule is N/C(=N\O)c1nonc1CNCCN1CCOCC1. The van der Waals surface area contributed by atoms with Gasteiger partial charge < -0.3 is 21.0 Å². The molecule has 0 atom stereocenters. The van der Waals surface area contributed by atoms with Crippen LogP contribution in [0.2, 0.25) is 0 Å². The Kier molecular flexibility index (Phi) is 5.07. The molecule has 2 rings (SSSR count). The molecule has 9 heteroatoms. The van der Waals surface area contributed by atoms with Crippen molar-refractivity contribution in [3.63, 3.8) is 0 Å². The number of hydrogen-bond donors (Lipinski definition) is 3. The Labute approximate surface area is 110 Å². The van der Waals surface area contributed by atoms with Crippen LogP contribution in [-0.4, -0.2) is 65.6 Å². The van der Waals surface area contributed by atoms with E-state index in [1.54, 1.807) is 0 Å². The molecule has 1 aliphatic rings. The van der Waals surface area contributed by atoms with Gasteiger partial charge in [0.25, 0.3) is 0 Å². The van der Waals surface area contributed by atoms with Crippen molar-refractivity contribution in [2.45, 2.75) is 6.54 Å². The molecule has 1 saturated heterocycles. The molecule has 0 saturated carbocycles. The van der Waals surface area contributed by atoms with E-state index >= 15 is 0 Å². The van der Waals surface area contributed by atoms with Crippen molar-refractivity contribution >= 4 is 5.84 Å². The maximum Gasteiger partial charge on any atom is 0.194 e. The lowest BCUT2D eigenvalue weighted by molar-refractivity contribution is 0.0384. The normalized spacial score (nSPS) is 17.8. The van der Waals surface area contributed by atoms with Gasteiger partial charge >= 0.3 is 0 Å². The van der Waals surface area contributed by atoms with E-state index in [9.17, 15) is 0 Å². The van der Waals surface area contributed by atoms with Crippen molar-refractivity contribution in [1.82, 2.24) is 20.5 Å². The molecule has 0 radical (unpaired) electrons. The second-order valence-electron chi connectivity index (χ2n) is 4.18. The molecular weight excluding hydrogens is 252 g/mol. The minimum atomic E-state index is -0.105. The number of oxime groups is 1. The highest BCUT2D eigenvalue weighted by atomic mass is 16.6. The summed E-state index contributed by atoms with van der Waals surface area (Å²) >= 11 is 0. The Morgan fingerprint density at radius 3 is 2.95 bits per heavy atom. The van der Waals surface area contributed by atoms with Crippen molar-refractivity contribution < 1.29 is 14.6 Å². The second kappa shape index (κ2) is 7.02. The summed E-state index contributed by atoms with van der Waals surface area (Å²) in [6.07, 6.45) is 0. The zero-order valence-electron chi connectivity index (χ0n) is 10.6. The average Bonchev–Trinajstić information content (AvgIpc) is 2.92. The van der Waals surface area contributed by atoms with Crippen LogP contribution in [0.5, 0.6) is 0 Å². The topological polar surface area (TPSA) is 122 Å². The predicted octanol–water partition coefficient (Wildman–Crippen LogP) is -1.41. The first-order valence-electron chi connectivity index (χ1n) is 6.11. The number of amidine groups is 1. The van der Waals surface area contributed by atoms with Crippen molar-refractivity contribution in [3.05, 3.63) is 11.4 Å². The number of ether oxygens (including phenoxy) is 1. The van der Waals surface area contributed by atoms with Gasteiger partial charge in [-0.2, -0.15) is 0 Å². The third-order valence-electron chi connectivity index (χ3n) is 2.91. The third-order valence-corrected chi connectivity index (χ3v) is 2.91. The number of hydrogen-bond acceptors (Lipinski definition) is 8. The highest BCUT2D eigenvalue weighted by Gasteiger charge is 2.14. The summed E-state index contributed by atoms with van der Waals surface area (Å²) in [6.45, 7) is 5.71. The molecule has 106 valence electrons. The number of nitrogens with zero attached hydrogens (tertiary/aromatic N) is 4. The molecule has 0 bridgehead atoms. The molecule has 1 aliphatic heterocycles. The Bertz CT molecular complexity index is 415. The van der Waals surface area contributed by atoms with Crippen LogP contribution < -0.4 is 11.1 Å². The van der Waals surface area contributed by atoms with Crippen LogP contribution >= 0.6 is 0 Å². The summed E-state index contributed by atoms with van der Waals surface area (Å²) in [4.78, 5) is 2.32. The summed E-state index contributed by atoms with van der Waals surface area (Å²) in [5, 5.41) is 22.0. The molecule has 1 aromatic rings. The van der Waals surface area contributed by atoms with Gasteiger partial charge in [-0.3, -0.25) is 4.90 Å². The molecule has 0 aromatic carbocycles. The number of rotatable bonds is 6. The lowest BCUT2D eigenvalue weighted by atomic mass is 10.3. The maximum atomic E-state index is 8.59.